The molecular weight excluding hydrogens is 153 g/mol. The molecule has 0 atom stereocenters. The number of nitrogens with two attached hydrogens (primary N) is 1. The van der Waals surface area contributed by atoms with Crippen molar-refractivity contribution < 1.29 is 4.39 Å². The lowest BCUT2D eigenvalue weighted by molar-refractivity contribution is 0.631. The second kappa shape index (κ2) is 3.42. The summed E-state index contributed by atoms with van der Waals surface area (Å²) in [5, 5.41) is 0. The fourth-order valence-electron chi connectivity index (χ4n) is 0.632. The first-order valence-corrected chi connectivity index (χ1v) is 2.72. The molecule has 0 saturated heterocycles. The third-order valence-electron chi connectivity index (χ3n) is 1.16. The molecule has 0 spiro atoms. The van der Waals surface area contributed by atoms with Gasteiger partial charge >= 0.3 is 0 Å². The molecule has 0 aromatic heterocycles. The lowest BCUT2D eigenvalue weighted by Crippen LogP contribution is -1.89. The average molecular weight is 162 g/mol. The van der Waals surface area contributed by atoms with Gasteiger partial charge in [-0.25, -0.2) is 4.39 Å². The summed E-state index contributed by atoms with van der Waals surface area (Å²) in [5.41, 5.74) is 6.31. The summed E-state index contributed by atoms with van der Waals surface area (Å²) in [6, 6.07) is 4.75. The number of halogens is 2. The van der Waals surface area contributed by atoms with E-state index in [1.54, 1.807) is 12.1 Å². The molecule has 0 bridgehead atoms. The molecule has 1 aromatic rings. The molecule has 0 fully saturated rings. The van der Waals surface area contributed by atoms with Crippen molar-refractivity contribution in [2.45, 2.75) is 6.92 Å². The summed E-state index contributed by atoms with van der Waals surface area (Å²) in [4.78, 5) is 0. The van der Waals surface area contributed by atoms with Crippen LogP contribution < -0.4 is 5.73 Å². The number of hydrogen-bond donors (Lipinski definition) is 1. The lowest BCUT2D eigenvalue weighted by Gasteiger charge is -1.94. The van der Waals surface area contributed by atoms with Gasteiger partial charge in [-0.15, -0.1) is 12.4 Å². The highest BCUT2D eigenvalue weighted by Gasteiger charge is 1.94. The molecule has 0 aliphatic heterocycles. The summed E-state index contributed by atoms with van der Waals surface area (Å²) in [6.45, 7) is 1.82. The molecule has 0 radical (unpaired) electrons. The Morgan fingerprint density at radius 2 is 2.00 bits per heavy atom. The topological polar surface area (TPSA) is 26.0 Å². The van der Waals surface area contributed by atoms with E-state index >= 15 is 0 Å². The minimum atomic E-state index is -0.338. The number of benzene rings is 1. The van der Waals surface area contributed by atoms with Crippen LogP contribution in [-0.4, -0.2) is 0 Å². The van der Waals surface area contributed by atoms with Crippen LogP contribution in [0.25, 0.3) is 0 Å². The molecule has 56 valence electrons. The first-order valence-electron chi connectivity index (χ1n) is 2.72. The SMILES string of the molecule is Cc1ccc(N)c(F)c1.Cl. The molecule has 0 aliphatic rings. The third kappa shape index (κ3) is 1.88. The molecule has 2 N–H and O–H groups in total. The van der Waals surface area contributed by atoms with Gasteiger partial charge in [-0.05, 0) is 24.6 Å². The van der Waals surface area contributed by atoms with Crippen LogP contribution in [0.15, 0.2) is 18.2 Å². The molecular formula is C7H9ClFN. The quantitative estimate of drug-likeness (QED) is 0.580. The average Bonchev–Trinajstić information content (AvgIpc) is 1.80. The third-order valence-corrected chi connectivity index (χ3v) is 1.16. The van der Waals surface area contributed by atoms with Crippen molar-refractivity contribution in [1.82, 2.24) is 0 Å². The zero-order chi connectivity index (χ0) is 6.85. The Morgan fingerprint density at radius 3 is 2.40 bits per heavy atom. The van der Waals surface area contributed by atoms with E-state index in [1.807, 2.05) is 6.92 Å². The van der Waals surface area contributed by atoms with Crippen LogP contribution in [0.4, 0.5) is 10.1 Å². The van der Waals surface area contributed by atoms with Gasteiger partial charge in [-0.2, -0.15) is 0 Å². The van der Waals surface area contributed by atoms with Crippen molar-refractivity contribution in [3.8, 4) is 0 Å². The highest BCUT2D eigenvalue weighted by Crippen LogP contribution is 2.09. The molecule has 1 aromatic carbocycles. The van der Waals surface area contributed by atoms with Crippen molar-refractivity contribution in [1.29, 1.82) is 0 Å². The predicted molar refractivity (Wildman–Crippen MR) is 42.8 cm³/mol. The maximum atomic E-state index is 12.5. The number of hydrogen-bond acceptors (Lipinski definition) is 1. The monoisotopic (exact) mass is 161 g/mol. The largest absolute Gasteiger partial charge is 0.396 e. The fraction of sp³-hybridized carbons (Fsp3) is 0.143. The highest BCUT2D eigenvalue weighted by molar-refractivity contribution is 5.85. The number of rotatable bonds is 0. The Kier molecular flexibility index (Phi) is 3.16. The molecule has 0 unspecified atom stereocenters. The minimum Gasteiger partial charge on any atom is -0.396 e. The molecule has 1 nitrogen and oxygen atoms in total. The van der Waals surface area contributed by atoms with Crippen molar-refractivity contribution >= 4 is 18.1 Å². The summed E-state index contributed by atoms with van der Waals surface area (Å²) in [7, 11) is 0. The zero-order valence-electron chi connectivity index (χ0n) is 5.60. The van der Waals surface area contributed by atoms with E-state index in [1.165, 1.54) is 6.07 Å². The summed E-state index contributed by atoms with van der Waals surface area (Å²) in [6.07, 6.45) is 0. The Hall–Kier alpha value is -0.760. The van der Waals surface area contributed by atoms with Crippen LogP contribution in [0.2, 0.25) is 0 Å². The number of aryl methyl sites for hydroxylation is 1. The standard InChI is InChI=1S/C7H8FN.ClH/c1-5-2-3-7(9)6(8)4-5;/h2-4H,9H2,1H3;1H. The molecule has 0 amide bonds. The summed E-state index contributed by atoms with van der Waals surface area (Å²) >= 11 is 0. The molecule has 0 aliphatic carbocycles. The Balaban J connectivity index is 0.000000810. The van der Waals surface area contributed by atoms with E-state index in [4.69, 9.17) is 5.73 Å². The molecule has 0 heterocycles. The Labute approximate surface area is 65.5 Å². The van der Waals surface area contributed by atoms with Crippen LogP contribution in [0.1, 0.15) is 5.56 Å². The smallest absolute Gasteiger partial charge is 0.146 e. The van der Waals surface area contributed by atoms with Gasteiger partial charge in [-0.3, -0.25) is 0 Å². The van der Waals surface area contributed by atoms with Gasteiger partial charge in [0.25, 0.3) is 0 Å². The maximum absolute atomic E-state index is 12.5. The molecule has 0 saturated carbocycles. The van der Waals surface area contributed by atoms with Crippen LogP contribution in [0.5, 0.6) is 0 Å². The van der Waals surface area contributed by atoms with E-state index in [-0.39, 0.29) is 23.9 Å². The van der Waals surface area contributed by atoms with Crippen LogP contribution >= 0.6 is 12.4 Å². The number of anilines is 1. The van der Waals surface area contributed by atoms with E-state index in [0.29, 0.717) is 0 Å². The predicted octanol–water partition coefficient (Wildman–Crippen LogP) is 2.14. The van der Waals surface area contributed by atoms with Crippen molar-refractivity contribution in [2.75, 3.05) is 5.73 Å². The summed E-state index contributed by atoms with van der Waals surface area (Å²) < 4.78 is 12.5. The molecule has 3 heteroatoms. The minimum absolute atomic E-state index is 0. The fourth-order valence-corrected chi connectivity index (χ4v) is 0.632. The highest BCUT2D eigenvalue weighted by atomic mass is 35.5. The Bertz CT molecular complexity index is 225. The van der Waals surface area contributed by atoms with Crippen molar-refractivity contribution in [3.05, 3.63) is 29.6 Å². The first-order chi connectivity index (χ1) is 4.20. The maximum Gasteiger partial charge on any atom is 0.146 e. The second-order valence-electron chi connectivity index (χ2n) is 2.02. The van der Waals surface area contributed by atoms with Gasteiger partial charge in [-0.1, -0.05) is 6.07 Å². The summed E-state index contributed by atoms with van der Waals surface area (Å²) in [5.74, 6) is -0.338. The van der Waals surface area contributed by atoms with Crippen molar-refractivity contribution in [3.63, 3.8) is 0 Å². The van der Waals surface area contributed by atoms with E-state index < -0.39 is 0 Å². The van der Waals surface area contributed by atoms with E-state index in [9.17, 15) is 4.39 Å². The zero-order valence-corrected chi connectivity index (χ0v) is 6.41. The van der Waals surface area contributed by atoms with Gasteiger partial charge in [0.05, 0.1) is 5.69 Å². The lowest BCUT2D eigenvalue weighted by atomic mass is 10.2. The van der Waals surface area contributed by atoms with E-state index in [2.05, 4.69) is 0 Å². The molecule has 1 rings (SSSR count). The van der Waals surface area contributed by atoms with Gasteiger partial charge in [0, 0.05) is 0 Å². The van der Waals surface area contributed by atoms with Crippen molar-refractivity contribution in [2.24, 2.45) is 0 Å². The van der Waals surface area contributed by atoms with Gasteiger partial charge < -0.3 is 5.73 Å². The van der Waals surface area contributed by atoms with Gasteiger partial charge in [0.2, 0.25) is 0 Å². The molecule has 10 heavy (non-hydrogen) atoms. The van der Waals surface area contributed by atoms with Gasteiger partial charge in [0.15, 0.2) is 0 Å². The van der Waals surface area contributed by atoms with E-state index in [0.717, 1.165) is 5.56 Å². The van der Waals surface area contributed by atoms with Gasteiger partial charge in [0.1, 0.15) is 5.82 Å². The number of nitrogen functional groups attached to an aromatic ring is 1. The van der Waals surface area contributed by atoms with Crippen LogP contribution in [0, 0.1) is 12.7 Å². The second-order valence-corrected chi connectivity index (χ2v) is 2.02. The van der Waals surface area contributed by atoms with Crippen LogP contribution in [-0.2, 0) is 0 Å². The normalized spacial score (nSPS) is 8.60. The first kappa shape index (κ1) is 9.24. The van der Waals surface area contributed by atoms with Crippen LogP contribution in [0.3, 0.4) is 0 Å². The Morgan fingerprint density at radius 1 is 1.40 bits per heavy atom.